The van der Waals surface area contributed by atoms with Gasteiger partial charge in [-0.1, -0.05) is 0 Å². The minimum atomic E-state index is -0.726. The predicted octanol–water partition coefficient (Wildman–Crippen LogP) is 7.27. The molecule has 0 saturated heterocycles. The van der Waals surface area contributed by atoms with Gasteiger partial charge in [0.25, 0.3) is 0 Å². The molecule has 8 rings (SSSR count). The molecule has 4 bridgehead atoms. The Labute approximate surface area is 186 Å². The molecule has 0 aromatic heterocycles. The summed E-state index contributed by atoms with van der Waals surface area (Å²) in [5.74, 6) is 3.13. The van der Waals surface area contributed by atoms with Crippen LogP contribution in [-0.4, -0.2) is 0 Å². The van der Waals surface area contributed by atoms with Gasteiger partial charge in [-0.05, 0) is 0 Å². The van der Waals surface area contributed by atoms with E-state index in [1.165, 1.54) is 36.8 Å². The average molecular weight is 456 g/mol. The van der Waals surface area contributed by atoms with Crippen molar-refractivity contribution in [2.45, 2.75) is 48.6 Å². The summed E-state index contributed by atoms with van der Waals surface area (Å²) in [7, 11) is 0. The summed E-state index contributed by atoms with van der Waals surface area (Å²) < 4.78 is 2.65. The molecule has 1 heteroatoms. The first kappa shape index (κ1) is 17.5. The molecule has 0 nitrogen and oxygen atoms in total. The van der Waals surface area contributed by atoms with Crippen LogP contribution in [0, 0.1) is 23.2 Å². The molecule has 144 valence electrons. The maximum atomic E-state index is 2.61. The van der Waals surface area contributed by atoms with Gasteiger partial charge in [-0.25, -0.2) is 0 Å². The molecule has 0 amide bonds. The van der Waals surface area contributed by atoms with Crippen LogP contribution in [0.25, 0.3) is 11.1 Å². The molecule has 0 radical (unpaired) electrons. The van der Waals surface area contributed by atoms with Crippen molar-refractivity contribution < 1.29 is 23.2 Å². The van der Waals surface area contributed by atoms with E-state index < -0.39 is 23.2 Å². The summed E-state index contributed by atoms with van der Waals surface area (Å²) in [6.45, 7) is 0. The van der Waals surface area contributed by atoms with Crippen LogP contribution in [-0.2, 0) is 23.2 Å². The molecule has 0 heterocycles. The van der Waals surface area contributed by atoms with E-state index in [-0.39, 0.29) is 0 Å². The molecular formula is C28H28Zr. The molecule has 6 aliphatic carbocycles. The van der Waals surface area contributed by atoms with Crippen molar-refractivity contribution in [3.8, 4) is 11.1 Å². The Bertz CT molecular complexity index is 975. The third-order valence-corrected chi connectivity index (χ3v) is 13.0. The van der Waals surface area contributed by atoms with Gasteiger partial charge in [-0.2, -0.15) is 0 Å². The van der Waals surface area contributed by atoms with Crippen LogP contribution in [0.2, 0.25) is 0 Å². The molecule has 6 aliphatic rings. The zero-order valence-corrected chi connectivity index (χ0v) is 19.5. The fourth-order valence-corrected chi connectivity index (χ4v) is 12.7. The van der Waals surface area contributed by atoms with Crippen molar-refractivity contribution >= 4 is 0 Å². The van der Waals surface area contributed by atoms with Gasteiger partial charge in [-0.3, -0.25) is 0 Å². The predicted molar refractivity (Wildman–Crippen MR) is 115 cm³/mol. The first-order valence-electron chi connectivity index (χ1n) is 11.6. The second-order valence-corrected chi connectivity index (χ2v) is 14.1. The van der Waals surface area contributed by atoms with Crippen LogP contribution >= 0.6 is 0 Å². The molecule has 4 saturated carbocycles. The number of hydrogen-bond donors (Lipinski definition) is 0. The number of benzene rings is 2. The standard InChI is InChI=1S/C15H19.C13H9.Zr/c1-2-4-14(3-1)15-8-11-5-12(9-15)7-13(6-11)10-15;1-3-7-12-10(5-1)9-11-6-2-4-8-13(11)12;/h1,3,11-13H,2,5-10H2;1-9H;. The van der Waals surface area contributed by atoms with Gasteiger partial charge in [0.05, 0.1) is 0 Å². The molecule has 2 aromatic rings. The van der Waals surface area contributed by atoms with Gasteiger partial charge in [0.15, 0.2) is 0 Å². The van der Waals surface area contributed by atoms with E-state index in [4.69, 9.17) is 0 Å². The first-order valence-corrected chi connectivity index (χ1v) is 14.3. The van der Waals surface area contributed by atoms with E-state index in [1.807, 2.05) is 8.85 Å². The molecule has 29 heavy (non-hydrogen) atoms. The van der Waals surface area contributed by atoms with Gasteiger partial charge in [0.2, 0.25) is 0 Å². The van der Waals surface area contributed by atoms with Crippen LogP contribution in [0.3, 0.4) is 0 Å². The topological polar surface area (TPSA) is 0 Å². The molecule has 0 spiro atoms. The van der Waals surface area contributed by atoms with E-state index in [0.717, 1.165) is 17.8 Å². The van der Waals surface area contributed by atoms with Gasteiger partial charge < -0.3 is 0 Å². The fourth-order valence-electron chi connectivity index (χ4n) is 8.06. The summed E-state index contributed by atoms with van der Waals surface area (Å²) in [5, 5.41) is 0. The Morgan fingerprint density at radius 3 is 1.86 bits per heavy atom. The minimum absolute atomic E-state index is 0.579. The summed E-state index contributed by atoms with van der Waals surface area (Å²) in [5.41, 5.74) is 8.73. The van der Waals surface area contributed by atoms with Crippen LogP contribution in [0.1, 0.15) is 59.7 Å². The van der Waals surface area contributed by atoms with E-state index >= 15 is 0 Å². The summed E-state index contributed by atoms with van der Waals surface area (Å²) in [6, 6.07) is 18.5. The van der Waals surface area contributed by atoms with Gasteiger partial charge in [-0.15, -0.1) is 0 Å². The molecule has 0 N–H and O–H groups in total. The second kappa shape index (κ2) is 6.40. The first-order chi connectivity index (χ1) is 14.3. The van der Waals surface area contributed by atoms with Crippen molar-refractivity contribution in [2.24, 2.45) is 23.2 Å². The molecule has 2 aromatic carbocycles. The Hall–Kier alpha value is -1.20. The van der Waals surface area contributed by atoms with Crippen molar-refractivity contribution in [2.75, 3.05) is 0 Å². The Morgan fingerprint density at radius 2 is 1.28 bits per heavy atom. The summed E-state index contributed by atoms with van der Waals surface area (Å²) in [4.78, 5) is 0. The third kappa shape index (κ3) is 2.59. The fraction of sp³-hybridized carbons (Fsp3) is 0.429. The SMILES string of the molecule is C1=CC(C23CC4CC(CC(C4)C2)C3)=[C]([Zr][CH]2c3ccccc3-c3ccccc32)C1. The van der Waals surface area contributed by atoms with E-state index in [1.54, 1.807) is 30.4 Å². The monoisotopic (exact) mass is 454 g/mol. The maximum absolute atomic E-state index is 2.61. The van der Waals surface area contributed by atoms with Crippen LogP contribution in [0.4, 0.5) is 0 Å². The molecule has 4 fully saturated rings. The van der Waals surface area contributed by atoms with Crippen LogP contribution in [0.5, 0.6) is 0 Å². The number of fused-ring (bicyclic) bond motifs is 3. The van der Waals surface area contributed by atoms with Gasteiger partial charge >= 0.3 is 187 Å². The molecular weight excluding hydrogens is 428 g/mol. The quantitative estimate of drug-likeness (QED) is 0.456. The van der Waals surface area contributed by atoms with E-state index in [9.17, 15) is 0 Å². The Balaban J connectivity index is 1.30. The van der Waals surface area contributed by atoms with Crippen LogP contribution < -0.4 is 0 Å². The molecule has 0 atom stereocenters. The van der Waals surface area contributed by atoms with Crippen LogP contribution in [0.15, 0.2) is 69.5 Å². The summed E-state index contributed by atoms with van der Waals surface area (Å²) >= 11 is -0.726. The summed E-state index contributed by atoms with van der Waals surface area (Å²) in [6.07, 6.45) is 15.6. The van der Waals surface area contributed by atoms with Crippen molar-refractivity contribution in [3.63, 3.8) is 0 Å². The zero-order chi connectivity index (χ0) is 19.0. The number of allylic oxidation sites excluding steroid dienone is 4. The van der Waals surface area contributed by atoms with Gasteiger partial charge in [0, 0.05) is 0 Å². The molecule has 0 aliphatic heterocycles. The van der Waals surface area contributed by atoms with E-state index in [0.29, 0.717) is 9.04 Å². The van der Waals surface area contributed by atoms with Crippen molar-refractivity contribution in [1.82, 2.24) is 0 Å². The molecule has 0 unspecified atom stereocenters. The zero-order valence-electron chi connectivity index (χ0n) is 17.0. The van der Waals surface area contributed by atoms with Crippen molar-refractivity contribution in [3.05, 3.63) is 80.7 Å². The third-order valence-electron chi connectivity index (χ3n) is 8.69. The average Bonchev–Trinajstić information content (AvgIpc) is 3.32. The Kier molecular flexibility index (Phi) is 3.86. The second-order valence-electron chi connectivity index (χ2n) is 10.4. The normalized spacial score (nSPS) is 34.0. The van der Waals surface area contributed by atoms with Gasteiger partial charge in [0.1, 0.15) is 0 Å². The number of rotatable bonds is 3. The Morgan fingerprint density at radius 1 is 0.724 bits per heavy atom. The number of hydrogen-bond acceptors (Lipinski definition) is 0. The van der Waals surface area contributed by atoms with Crippen molar-refractivity contribution in [1.29, 1.82) is 0 Å². The van der Waals surface area contributed by atoms with E-state index in [2.05, 4.69) is 60.7 Å².